The van der Waals surface area contributed by atoms with Gasteiger partial charge in [0.2, 0.25) is 5.91 Å². The van der Waals surface area contributed by atoms with Crippen LogP contribution >= 0.6 is 11.6 Å². The highest BCUT2D eigenvalue weighted by Crippen LogP contribution is 2.30. The van der Waals surface area contributed by atoms with Gasteiger partial charge in [-0.1, -0.05) is 60.1 Å². The van der Waals surface area contributed by atoms with E-state index in [1.165, 1.54) is 5.56 Å². The quantitative estimate of drug-likeness (QED) is 0.243. The highest BCUT2D eigenvalue weighted by atomic mass is 35.5. The van der Waals surface area contributed by atoms with Crippen LogP contribution < -0.4 is 10.5 Å². The zero-order chi connectivity index (χ0) is 26.4. The molecule has 8 heteroatoms. The number of benzene rings is 3. The molecule has 1 saturated heterocycles. The Bertz CT molecular complexity index is 1260. The first-order valence-electron chi connectivity index (χ1n) is 12.2. The molecule has 2 atom stereocenters. The van der Waals surface area contributed by atoms with Crippen molar-refractivity contribution in [2.75, 3.05) is 13.2 Å². The number of ether oxygens (including phenoxy) is 1. The van der Waals surface area contributed by atoms with Gasteiger partial charge in [-0.15, -0.1) is 0 Å². The van der Waals surface area contributed by atoms with Crippen molar-refractivity contribution in [2.45, 2.75) is 31.7 Å². The number of carboxylic acids is 1. The van der Waals surface area contributed by atoms with E-state index in [2.05, 4.69) is 12.1 Å². The van der Waals surface area contributed by atoms with E-state index in [1.807, 2.05) is 48.5 Å². The van der Waals surface area contributed by atoms with Crippen molar-refractivity contribution in [2.24, 2.45) is 11.7 Å². The summed E-state index contributed by atoms with van der Waals surface area (Å²) in [6.45, 7) is 0.861. The second-order valence-electron chi connectivity index (χ2n) is 9.25. The van der Waals surface area contributed by atoms with Crippen LogP contribution in [-0.2, 0) is 16.0 Å². The van der Waals surface area contributed by atoms with E-state index in [4.69, 9.17) is 27.5 Å². The number of amides is 1. The van der Waals surface area contributed by atoms with Crippen molar-refractivity contribution in [1.82, 2.24) is 4.90 Å². The topological polar surface area (TPSA) is 117 Å². The number of aryl methyl sites for hydroxylation is 1. The second kappa shape index (κ2) is 11.9. The summed E-state index contributed by atoms with van der Waals surface area (Å²) >= 11 is 6.25. The molecule has 0 spiro atoms. The molecule has 37 heavy (non-hydrogen) atoms. The molecule has 0 radical (unpaired) electrons. The smallest absolute Gasteiger partial charge is 0.304 e. The number of carbonyl (C=O) groups excluding carboxylic acids is 1. The minimum absolute atomic E-state index is 0.0783. The monoisotopic (exact) mass is 519 g/mol. The number of nitrogen functional groups attached to an aromatic ring is 1. The Balaban J connectivity index is 1.39. The summed E-state index contributed by atoms with van der Waals surface area (Å²) in [5.41, 5.74) is 9.07. The summed E-state index contributed by atoms with van der Waals surface area (Å²) in [5.74, 6) is -1.01. The minimum Gasteiger partial charge on any atom is -0.491 e. The van der Waals surface area contributed by atoms with Gasteiger partial charge in [-0.25, -0.2) is 0 Å². The first-order chi connectivity index (χ1) is 17.8. The van der Waals surface area contributed by atoms with Crippen molar-refractivity contribution in [3.63, 3.8) is 0 Å². The van der Waals surface area contributed by atoms with Crippen LogP contribution in [0.4, 0.5) is 0 Å². The number of nitrogens with two attached hydrogens (primary N) is 1. The van der Waals surface area contributed by atoms with Crippen LogP contribution in [0.2, 0.25) is 5.02 Å². The first kappa shape index (κ1) is 26.2. The molecule has 0 saturated carbocycles. The number of aliphatic carboxylic acids is 1. The van der Waals surface area contributed by atoms with Crippen LogP contribution in [0, 0.1) is 11.3 Å². The summed E-state index contributed by atoms with van der Waals surface area (Å²) < 4.78 is 6.04. The van der Waals surface area contributed by atoms with E-state index in [0.717, 1.165) is 24.0 Å². The molecule has 4 N–H and O–H groups in total. The largest absolute Gasteiger partial charge is 0.491 e. The number of carboxylic acid groups (broad SMARTS) is 1. The van der Waals surface area contributed by atoms with E-state index in [9.17, 15) is 14.7 Å². The molecular weight excluding hydrogens is 490 g/mol. The normalized spacial score (nSPS) is 17.1. The summed E-state index contributed by atoms with van der Waals surface area (Å²) in [5, 5.41) is 17.2. The molecule has 1 fully saturated rings. The first-order valence-corrected chi connectivity index (χ1v) is 12.6. The summed E-state index contributed by atoms with van der Waals surface area (Å²) in [6.07, 6.45) is 1.95. The molecule has 1 aliphatic rings. The van der Waals surface area contributed by atoms with E-state index < -0.39 is 11.9 Å². The molecular formula is C29H30ClN3O4. The van der Waals surface area contributed by atoms with E-state index >= 15 is 0 Å². The zero-order valence-corrected chi connectivity index (χ0v) is 21.2. The van der Waals surface area contributed by atoms with Crippen LogP contribution in [0.15, 0.2) is 72.8 Å². The van der Waals surface area contributed by atoms with Gasteiger partial charge in [0, 0.05) is 12.1 Å². The molecule has 3 aromatic carbocycles. The van der Waals surface area contributed by atoms with Crippen molar-refractivity contribution in [3.05, 3.63) is 88.9 Å². The van der Waals surface area contributed by atoms with Gasteiger partial charge in [0.05, 0.1) is 23.4 Å². The van der Waals surface area contributed by atoms with Crippen molar-refractivity contribution in [3.8, 4) is 16.9 Å². The standard InChI is InChI=1S/C29H30ClN3O4/c30-26-16-21(10-13-25(26)28(31)32)20-8-11-24(12-9-20)37-18-23-15-22(17-27(34)35)29(36)33(23)14-4-7-19-5-2-1-3-6-19/h1-3,5-6,8-13,16,22-23H,4,7,14-15,17-18H2,(H3,31,32)(H,34,35)/t22-,23-/m0/s1. The van der Waals surface area contributed by atoms with E-state index in [1.54, 1.807) is 17.0 Å². The van der Waals surface area contributed by atoms with Gasteiger partial charge < -0.3 is 20.5 Å². The maximum Gasteiger partial charge on any atom is 0.304 e. The number of hydrogen-bond acceptors (Lipinski definition) is 4. The van der Waals surface area contributed by atoms with Crippen LogP contribution in [-0.4, -0.2) is 46.9 Å². The average molecular weight is 520 g/mol. The predicted molar refractivity (Wildman–Crippen MR) is 144 cm³/mol. The van der Waals surface area contributed by atoms with Crippen LogP contribution in [0.3, 0.4) is 0 Å². The molecule has 0 aromatic heterocycles. The molecule has 0 aliphatic carbocycles. The molecule has 3 aromatic rings. The molecule has 1 amide bonds. The van der Waals surface area contributed by atoms with E-state index in [0.29, 0.717) is 35.9 Å². The maximum absolute atomic E-state index is 13.0. The zero-order valence-electron chi connectivity index (χ0n) is 20.4. The lowest BCUT2D eigenvalue weighted by molar-refractivity contribution is -0.142. The van der Waals surface area contributed by atoms with Crippen LogP contribution in [0.1, 0.15) is 30.4 Å². The Hall–Kier alpha value is -3.84. The maximum atomic E-state index is 13.0. The van der Waals surface area contributed by atoms with E-state index in [-0.39, 0.29) is 24.2 Å². The Kier molecular flexibility index (Phi) is 8.46. The fraction of sp³-hybridized carbons (Fsp3) is 0.276. The molecule has 4 rings (SSSR count). The lowest BCUT2D eigenvalue weighted by atomic mass is 10.0. The van der Waals surface area contributed by atoms with Crippen LogP contribution in [0.25, 0.3) is 11.1 Å². The van der Waals surface area contributed by atoms with Crippen molar-refractivity contribution < 1.29 is 19.4 Å². The minimum atomic E-state index is -0.962. The van der Waals surface area contributed by atoms with Gasteiger partial charge in [-0.3, -0.25) is 15.0 Å². The fourth-order valence-corrected chi connectivity index (χ4v) is 5.03. The summed E-state index contributed by atoms with van der Waals surface area (Å²) in [4.78, 5) is 26.1. The Morgan fingerprint density at radius 1 is 1.08 bits per heavy atom. The van der Waals surface area contributed by atoms with Gasteiger partial charge in [-0.2, -0.15) is 0 Å². The lowest BCUT2D eigenvalue weighted by Gasteiger charge is -2.25. The third-order valence-corrected chi connectivity index (χ3v) is 6.96. The fourth-order valence-electron chi connectivity index (χ4n) is 4.75. The molecule has 0 bridgehead atoms. The number of nitrogens with one attached hydrogen (secondary N) is 1. The third kappa shape index (κ3) is 6.68. The highest BCUT2D eigenvalue weighted by molar-refractivity contribution is 6.34. The van der Waals surface area contributed by atoms with Gasteiger partial charge in [0.15, 0.2) is 0 Å². The summed E-state index contributed by atoms with van der Waals surface area (Å²) in [6, 6.07) is 22.8. The molecule has 0 unspecified atom stereocenters. The van der Waals surface area contributed by atoms with Gasteiger partial charge in [0.1, 0.15) is 18.2 Å². The number of nitrogens with zero attached hydrogens (tertiary/aromatic N) is 1. The SMILES string of the molecule is N=C(N)c1ccc(-c2ccc(OC[C@@H]3C[C@@H](CC(=O)O)C(=O)N3CCCc3ccccc3)cc2)cc1Cl. The van der Waals surface area contributed by atoms with Gasteiger partial charge >= 0.3 is 5.97 Å². The van der Waals surface area contributed by atoms with Crippen molar-refractivity contribution in [1.29, 1.82) is 5.41 Å². The molecule has 1 heterocycles. The average Bonchev–Trinajstić information content (AvgIpc) is 3.17. The Morgan fingerprint density at radius 2 is 1.78 bits per heavy atom. The number of hydrogen-bond donors (Lipinski definition) is 3. The Labute approximate surface area is 221 Å². The number of likely N-dealkylation sites (tertiary alicyclic amines) is 1. The predicted octanol–water partition coefficient (Wildman–Crippen LogP) is 4.99. The highest BCUT2D eigenvalue weighted by Gasteiger charge is 2.40. The lowest BCUT2D eigenvalue weighted by Crippen LogP contribution is -2.38. The number of amidine groups is 1. The Morgan fingerprint density at radius 3 is 2.43 bits per heavy atom. The third-order valence-electron chi connectivity index (χ3n) is 6.65. The molecule has 1 aliphatic heterocycles. The number of carbonyl (C=O) groups is 2. The number of rotatable bonds is 11. The molecule has 192 valence electrons. The second-order valence-corrected chi connectivity index (χ2v) is 9.66. The van der Waals surface area contributed by atoms with Gasteiger partial charge in [-0.05, 0) is 60.2 Å². The summed E-state index contributed by atoms with van der Waals surface area (Å²) in [7, 11) is 0. The van der Waals surface area contributed by atoms with Crippen molar-refractivity contribution >= 4 is 29.3 Å². The van der Waals surface area contributed by atoms with Gasteiger partial charge in [0.25, 0.3) is 0 Å². The number of halogens is 1. The van der Waals surface area contributed by atoms with Crippen LogP contribution in [0.5, 0.6) is 5.75 Å². The molecule has 7 nitrogen and oxygen atoms in total.